The van der Waals surface area contributed by atoms with E-state index >= 15 is 0 Å². The molecule has 1 fully saturated rings. The van der Waals surface area contributed by atoms with E-state index in [1.165, 1.54) is 238 Å². The molecule has 0 saturated carbocycles. The topological polar surface area (TPSA) is 189 Å². The largest absolute Gasteiger partial charge is 0.394 e. The maximum Gasteiger partial charge on any atom is 0.249 e. The van der Waals surface area contributed by atoms with E-state index in [1.807, 2.05) is 0 Å². The lowest BCUT2D eigenvalue weighted by atomic mass is 9.98. The molecule has 0 aromatic carbocycles. The van der Waals surface area contributed by atoms with Crippen LogP contribution in [0.2, 0.25) is 0 Å². The third kappa shape index (κ3) is 41.6. The maximum absolute atomic E-state index is 13.2. The van der Waals surface area contributed by atoms with Crippen LogP contribution in [0.25, 0.3) is 0 Å². The summed E-state index contributed by atoms with van der Waals surface area (Å²) in [6.07, 6.45) is 55.4. The van der Waals surface area contributed by atoms with E-state index in [-0.39, 0.29) is 12.8 Å². The minimum atomic E-state index is -1.67. The summed E-state index contributed by atoms with van der Waals surface area (Å²) in [5.41, 5.74) is 0. The molecule has 11 nitrogen and oxygen atoms in total. The van der Waals surface area contributed by atoms with Crippen molar-refractivity contribution < 1.29 is 50.0 Å². The van der Waals surface area contributed by atoms with Crippen molar-refractivity contribution in [2.75, 3.05) is 13.2 Å². The predicted molar refractivity (Wildman–Crippen MR) is 316 cm³/mol. The summed E-state index contributed by atoms with van der Waals surface area (Å²) in [6, 6.07) is -1.18. The van der Waals surface area contributed by atoms with Crippen LogP contribution in [-0.4, -0.2) is 110 Å². The number of carbonyl (C=O) groups excluding carboxylic acids is 1. The number of nitrogens with one attached hydrogen (secondary N) is 1. The molecule has 11 heteroatoms. The summed E-state index contributed by atoms with van der Waals surface area (Å²) < 4.78 is 11.2. The van der Waals surface area contributed by atoms with E-state index in [0.29, 0.717) is 12.8 Å². The normalized spacial score (nSPS) is 19.7. The molecule has 9 atom stereocenters. The predicted octanol–water partition coefficient (Wildman–Crippen LogP) is 14.9. The SMILES string of the molecule is CCCCCCCCCCCCCC/C=C\CCCCCCCCCCCCCCC(O)C(=O)NC(COC1OC(CO)C(O)C(O)C1O)C(O)C(O)CCC/C=C/CCCCCCCCCCCCCCCCCC. The highest BCUT2D eigenvalue weighted by molar-refractivity contribution is 5.80. The molecule has 8 N–H and O–H groups in total. The van der Waals surface area contributed by atoms with Crippen LogP contribution in [0.4, 0.5) is 0 Å². The molecule has 0 bridgehead atoms. The molecule has 1 amide bonds. The molecule has 0 aliphatic carbocycles. The first-order chi connectivity index (χ1) is 37.2. The number of rotatable bonds is 57. The molecule has 76 heavy (non-hydrogen) atoms. The molecule has 450 valence electrons. The van der Waals surface area contributed by atoms with Crippen LogP contribution in [0.15, 0.2) is 24.3 Å². The molecular weight excluding hydrogens is 955 g/mol. The number of aliphatic hydroxyl groups excluding tert-OH is 7. The molecule has 1 aliphatic heterocycles. The molecule has 1 heterocycles. The van der Waals surface area contributed by atoms with Gasteiger partial charge in [0.25, 0.3) is 0 Å². The molecule has 1 saturated heterocycles. The first-order valence-corrected chi connectivity index (χ1v) is 32.7. The standard InChI is InChI=1S/C65H125NO10/c1-3-5-7-9-11-13-15-17-19-21-23-25-26-27-28-29-30-31-33-35-37-39-41-43-45-47-49-51-53-58(69)64(74)66-56(55-75-65-63(73)62(72)61(71)59(54-67)76-65)60(70)57(68)52-50-48-46-44-42-40-38-36-34-32-24-22-20-18-16-14-12-10-8-6-4-2/h27-28,44,46,56-63,65,67-73H,3-26,29-43,45,47-55H2,1-2H3,(H,66,74)/b28-27-,46-44+. The van der Waals surface area contributed by atoms with E-state index in [4.69, 9.17) is 9.47 Å². The number of allylic oxidation sites excluding steroid dienone is 4. The van der Waals surface area contributed by atoms with E-state index in [9.17, 15) is 40.5 Å². The molecule has 1 rings (SSSR count). The monoisotopic (exact) mass is 1080 g/mol. The Morgan fingerprint density at radius 1 is 0.447 bits per heavy atom. The smallest absolute Gasteiger partial charge is 0.249 e. The Kier molecular flexibility index (Phi) is 51.8. The van der Waals surface area contributed by atoms with Crippen molar-refractivity contribution in [1.29, 1.82) is 0 Å². The van der Waals surface area contributed by atoms with Crippen LogP contribution in [0.3, 0.4) is 0 Å². The summed E-state index contributed by atoms with van der Waals surface area (Å²) >= 11 is 0. The van der Waals surface area contributed by atoms with Crippen molar-refractivity contribution in [3.05, 3.63) is 24.3 Å². The molecule has 0 aromatic rings. The van der Waals surface area contributed by atoms with Crippen LogP contribution in [-0.2, 0) is 14.3 Å². The average Bonchev–Trinajstić information content (AvgIpc) is 3.42. The minimum absolute atomic E-state index is 0.256. The van der Waals surface area contributed by atoms with E-state index < -0.39 is 74.2 Å². The van der Waals surface area contributed by atoms with Gasteiger partial charge in [0.1, 0.15) is 36.6 Å². The number of carbonyl (C=O) groups is 1. The van der Waals surface area contributed by atoms with Gasteiger partial charge in [-0.05, 0) is 64.2 Å². The summed E-state index contributed by atoms with van der Waals surface area (Å²) in [4.78, 5) is 13.2. The van der Waals surface area contributed by atoms with Gasteiger partial charge in [-0.2, -0.15) is 0 Å². The van der Waals surface area contributed by atoms with Crippen molar-refractivity contribution in [2.24, 2.45) is 0 Å². The summed E-state index contributed by atoms with van der Waals surface area (Å²) in [7, 11) is 0. The van der Waals surface area contributed by atoms with Crippen LogP contribution in [0.5, 0.6) is 0 Å². The quantitative estimate of drug-likeness (QED) is 0.0215. The van der Waals surface area contributed by atoms with Gasteiger partial charge in [0.15, 0.2) is 6.29 Å². The molecule has 9 unspecified atom stereocenters. The van der Waals surface area contributed by atoms with Crippen LogP contribution >= 0.6 is 0 Å². The zero-order valence-electron chi connectivity index (χ0n) is 49.5. The number of ether oxygens (including phenoxy) is 2. The van der Waals surface area contributed by atoms with Crippen molar-refractivity contribution >= 4 is 5.91 Å². The zero-order chi connectivity index (χ0) is 55.4. The van der Waals surface area contributed by atoms with Gasteiger partial charge < -0.3 is 50.5 Å². The van der Waals surface area contributed by atoms with E-state index in [1.54, 1.807) is 0 Å². The molecule has 1 aliphatic rings. The molecule has 0 spiro atoms. The lowest BCUT2D eigenvalue weighted by molar-refractivity contribution is -0.303. The first kappa shape index (κ1) is 72.6. The fourth-order valence-corrected chi connectivity index (χ4v) is 10.7. The Bertz CT molecular complexity index is 1280. The van der Waals surface area contributed by atoms with Crippen molar-refractivity contribution in [3.63, 3.8) is 0 Å². The van der Waals surface area contributed by atoms with Crippen molar-refractivity contribution in [2.45, 2.75) is 371 Å². The van der Waals surface area contributed by atoms with Crippen molar-refractivity contribution in [3.8, 4) is 0 Å². The fraction of sp³-hybridized carbons (Fsp3) is 0.923. The Morgan fingerprint density at radius 2 is 0.776 bits per heavy atom. The van der Waals surface area contributed by atoms with Crippen LogP contribution in [0.1, 0.15) is 316 Å². The number of hydrogen-bond donors (Lipinski definition) is 8. The Morgan fingerprint density at radius 3 is 1.13 bits per heavy atom. The van der Waals surface area contributed by atoms with Crippen molar-refractivity contribution in [1.82, 2.24) is 5.32 Å². The molecular formula is C65H125NO10. The number of aliphatic hydroxyl groups is 7. The van der Waals surface area contributed by atoms with Gasteiger partial charge >= 0.3 is 0 Å². The fourth-order valence-electron chi connectivity index (χ4n) is 10.7. The van der Waals surface area contributed by atoms with Gasteiger partial charge in [0, 0.05) is 0 Å². The second-order valence-electron chi connectivity index (χ2n) is 23.2. The summed E-state index contributed by atoms with van der Waals surface area (Å²) in [5.74, 6) is -0.702. The third-order valence-corrected chi connectivity index (χ3v) is 16.0. The van der Waals surface area contributed by atoms with Crippen LogP contribution < -0.4 is 5.32 Å². The van der Waals surface area contributed by atoms with Gasteiger partial charge in [-0.3, -0.25) is 4.79 Å². The van der Waals surface area contributed by atoms with E-state index in [0.717, 1.165) is 38.5 Å². The lowest BCUT2D eigenvalue weighted by Crippen LogP contribution is -2.60. The number of hydrogen-bond acceptors (Lipinski definition) is 10. The third-order valence-electron chi connectivity index (χ3n) is 16.0. The first-order valence-electron chi connectivity index (χ1n) is 32.7. The highest BCUT2D eigenvalue weighted by Crippen LogP contribution is 2.24. The Balaban J connectivity index is 2.25. The Hall–Kier alpha value is -1.41. The minimum Gasteiger partial charge on any atom is -0.394 e. The molecule has 0 aromatic heterocycles. The van der Waals surface area contributed by atoms with Gasteiger partial charge in [-0.25, -0.2) is 0 Å². The van der Waals surface area contributed by atoms with Crippen LogP contribution in [0, 0.1) is 0 Å². The average molecular weight is 1080 g/mol. The lowest BCUT2D eigenvalue weighted by Gasteiger charge is -2.40. The van der Waals surface area contributed by atoms with Gasteiger partial charge in [0.2, 0.25) is 5.91 Å². The van der Waals surface area contributed by atoms with E-state index in [2.05, 4.69) is 43.5 Å². The summed E-state index contributed by atoms with van der Waals surface area (Å²) in [6.45, 7) is 3.49. The number of amides is 1. The highest BCUT2D eigenvalue weighted by Gasteiger charge is 2.44. The van der Waals surface area contributed by atoms with Gasteiger partial charge in [0.05, 0.1) is 25.4 Å². The van der Waals surface area contributed by atoms with Gasteiger partial charge in [-0.15, -0.1) is 0 Å². The molecule has 0 radical (unpaired) electrons. The second-order valence-corrected chi connectivity index (χ2v) is 23.2. The number of unbranched alkanes of at least 4 members (excludes halogenated alkanes) is 41. The zero-order valence-corrected chi connectivity index (χ0v) is 49.5. The maximum atomic E-state index is 13.2. The summed E-state index contributed by atoms with van der Waals surface area (Å²) in [5, 5.41) is 76.3. The van der Waals surface area contributed by atoms with Gasteiger partial charge in [-0.1, -0.05) is 276 Å². The Labute approximate surface area is 467 Å². The second kappa shape index (κ2) is 54.2. The highest BCUT2D eigenvalue weighted by atomic mass is 16.7.